The highest BCUT2D eigenvalue weighted by molar-refractivity contribution is 7.45. The number of amides is 1. The van der Waals surface area contributed by atoms with Gasteiger partial charge in [-0.2, -0.15) is 0 Å². The van der Waals surface area contributed by atoms with Gasteiger partial charge in [0.2, 0.25) is 5.88 Å². The van der Waals surface area contributed by atoms with E-state index in [9.17, 15) is 4.79 Å². The van der Waals surface area contributed by atoms with Gasteiger partial charge in [-0.3, -0.25) is 4.79 Å². The van der Waals surface area contributed by atoms with Gasteiger partial charge in [0.05, 0.1) is 20.3 Å². The van der Waals surface area contributed by atoms with Crippen molar-refractivity contribution in [2.45, 2.75) is 38.6 Å². The van der Waals surface area contributed by atoms with Crippen LogP contribution < -0.4 is 15.0 Å². The Morgan fingerprint density at radius 2 is 1.97 bits per heavy atom. The highest BCUT2D eigenvalue weighted by Gasteiger charge is 2.26. The third-order valence-corrected chi connectivity index (χ3v) is 5.36. The van der Waals surface area contributed by atoms with Gasteiger partial charge in [-0.15, -0.1) is 10.2 Å². The molecule has 180 valence electrons. The maximum atomic E-state index is 13.1. The second kappa shape index (κ2) is 11.0. The lowest BCUT2D eigenvalue weighted by atomic mass is 10.0. The first-order chi connectivity index (χ1) is 15.7. The Kier molecular flexibility index (Phi) is 8.33. The number of pyridine rings is 1. The van der Waals surface area contributed by atoms with Crippen molar-refractivity contribution in [1.82, 2.24) is 15.2 Å². The summed E-state index contributed by atoms with van der Waals surface area (Å²) in [5, 5.41) is 10.8. The lowest BCUT2D eigenvalue weighted by molar-refractivity contribution is 0.102. The van der Waals surface area contributed by atoms with Crippen LogP contribution >= 0.6 is 7.82 Å². The molecule has 1 saturated heterocycles. The molecule has 0 bridgehead atoms. The van der Waals surface area contributed by atoms with Crippen LogP contribution in [0.2, 0.25) is 0 Å². The molecule has 2 aromatic heterocycles. The van der Waals surface area contributed by atoms with Crippen LogP contribution in [0.1, 0.15) is 41.4 Å². The van der Waals surface area contributed by atoms with Gasteiger partial charge < -0.3 is 34.4 Å². The minimum Gasteiger partial charge on any atom is -0.480 e. The van der Waals surface area contributed by atoms with Gasteiger partial charge in [-0.05, 0) is 43.9 Å². The molecule has 1 amide bonds. The van der Waals surface area contributed by atoms with Crippen molar-refractivity contribution < 1.29 is 33.5 Å². The molecule has 1 atom stereocenters. The fourth-order valence-corrected chi connectivity index (χ4v) is 3.84. The summed E-state index contributed by atoms with van der Waals surface area (Å²) in [6.07, 6.45) is 3.68. The first-order valence-corrected chi connectivity index (χ1v) is 12.1. The van der Waals surface area contributed by atoms with Gasteiger partial charge in [0, 0.05) is 36.3 Å². The van der Waals surface area contributed by atoms with Crippen molar-refractivity contribution in [3.8, 4) is 5.88 Å². The number of carbonyl (C=O) groups is 1. The topological polar surface area (TPSA) is 167 Å². The number of carbonyl (C=O) groups excluding carboxylic acids is 1. The van der Waals surface area contributed by atoms with Crippen molar-refractivity contribution in [3.05, 3.63) is 35.0 Å². The predicted molar refractivity (Wildman–Crippen MR) is 119 cm³/mol. The molecular weight excluding hydrogens is 453 g/mol. The molecule has 0 aliphatic carbocycles. The van der Waals surface area contributed by atoms with Crippen LogP contribution in [0.15, 0.2) is 18.2 Å². The van der Waals surface area contributed by atoms with Gasteiger partial charge in [-0.1, -0.05) is 0 Å². The Labute approximate surface area is 191 Å². The quantitative estimate of drug-likeness (QED) is 0.465. The second-order valence-corrected chi connectivity index (χ2v) is 8.71. The van der Waals surface area contributed by atoms with Crippen LogP contribution in [-0.2, 0) is 22.1 Å². The van der Waals surface area contributed by atoms with E-state index in [1.54, 1.807) is 12.1 Å². The minimum atomic E-state index is -4.64. The number of hydrogen-bond acceptors (Lipinski definition) is 8. The largest absolute Gasteiger partial charge is 0.480 e. The van der Waals surface area contributed by atoms with Crippen molar-refractivity contribution >= 4 is 25.4 Å². The van der Waals surface area contributed by atoms with E-state index in [1.807, 2.05) is 6.07 Å². The van der Waals surface area contributed by atoms with Gasteiger partial charge in [0.15, 0.2) is 5.82 Å². The number of aromatic nitrogens is 3. The molecular formula is C20H28N5O7P. The molecule has 4 rings (SSSR count). The molecule has 1 fully saturated rings. The number of anilines is 2. The number of phosphoric acid groups is 1. The second-order valence-electron chi connectivity index (χ2n) is 7.68. The summed E-state index contributed by atoms with van der Waals surface area (Å²) in [4.78, 5) is 41.9. The Hall–Kier alpha value is -2.63. The van der Waals surface area contributed by atoms with Crippen molar-refractivity contribution in [2.24, 2.45) is 0 Å². The highest BCUT2D eigenvalue weighted by atomic mass is 31.2. The SMILES string of the molecule is COc1ccc(NC(=O)c2cc(N3CCC[C@H]3C)nc3c2CCOCC3)nn1.O=P(O)(O)O. The maximum absolute atomic E-state index is 13.1. The van der Waals surface area contributed by atoms with E-state index < -0.39 is 7.82 Å². The van der Waals surface area contributed by atoms with E-state index in [4.69, 9.17) is 33.7 Å². The average molecular weight is 481 g/mol. The zero-order valence-electron chi connectivity index (χ0n) is 18.5. The summed E-state index contributed by atoms with van der Waals surface area (Å²) in [5.41, 5.74) is 2.56. The molecule has 2 aromatic rings. The molecule has 13 heteroatoms. The van der Waals surface area contributed by atoms with Crippen LogP contribution in [0.4, 0.5) is 11.6 Å². The first kappa shape index (κ1) is 25.0. The van der Waals surface area contributed by atoms with Gasteiger partial charge >= 0.3 is 7.82 Å². The van der Waals surface area contributed by atoms with E-state index in [0.29, 0.717) is 49.4 Å². The monoisotopic (exact) mass is 481 g/mol. The summed E-state index contributed by atoms with van der Waals surface area (Å²) >= 11 is 0. The Morgan fingerprint density at radius 3 is 2.58 bits per heavy atom. The maximum Gasteiger partial charge on any atom is 0.466 e. The van der Waals surface area contributed by atoms with E-state index in [0.717, 1.165) is 36.5 Å². The highest BCUT2D eigenvalue weighted by Crippen LogP contribution is 2.29. The Balaban J connectivity index is 0.000000555. The number of nitrogens with one attached hydrogen (secondary N) is 1. The fraction of sp³-hybridized carbons (Fsp3) is 0.500. The number of fused-ring (bicyclic) bond motifs is 1. The lowest BCUT2D eigenvalue weighted by Gasteiger charge is -2.25. The normalized spacial score (nSPS) is 18.0. The molecule has 12 nitrogen and oxygen atoms in total. The third-order valence-electron chi connectivity index (χ3n) is 5.36. The van der Waals surface area contributed by atoms with Crippen LogP contribution in [0.5, 0.6) is 5.88 Å². The van der Waals surface area contributed by atoms with Crippen LogP contribution in [0, 0.1) is 0 Å². The number of methoxy groups -OCH3 is 1. The number of hydrogen-bond donors (Lipinski definition) is 4. The summed E-state index contributed by atoms with van der Waals surface area (Å²) in [5.74, 6) is 1.46. The smallest absolute Gasteiger partial charge is 0.466 e. The third kappa shape index (κ3) is 7.18. The Bertz CT molecular complexity index is 1010. The average Bonchev–Trinajstić information content (AvgIpc) is 3.04. The lowest BCUT2D eigenvalue weighted by Crippen LogP contribution is -2.28. The molecule has 2 aliphatic heterocycles. The van der Waals surface area contributed by atoms with Crippen molar-refractivity contribution in [2.75, 3.05) is 37.1 Å². The summed E-state index contributed by atoms with van der Waals surface area (Å²) in [6.45, 7) is 4.39. The molecule has 0 spiro atoms. The first-order valence-electron chi connectivity index (χ1n) is 10.5. The van der Waals surface area contributed by atoms with Gasteiger partial charge in [0.1, 0.15) is 5.82 Å². The van der Waals surface area contributed by atoms with Crippen molar-refractivity contribution in [3.63, 3.8) is 0 Å². The number of ether oxygens (including phenoxy) is 2. The van der Waals surface area contributed by atoms with E-state index in [-0.39, 0.29) is 5.91 Å². The molecule has 0 aromatic carbocycles. The standard InChI is InChI=1S/C20H25N5O3.H3O4P/c1-13-4-3-9-25(13)18-12-15(14-7-10-28-11-8-16(14)21-18)20(26)22-17-5-6-19(27-2)24-23-17;1-5(2,3)4/h5-6,12-13H,3-4,7-11H2,1-2H3,(H,22,23,26);(H3,1,2,3,4)/t13-;/m1./s1. The molecule has 0 saturated carbocycles. The molecule has 0 radical (unpaired) electrons. The number of nitrogens with zero attached hydrogens (tertiary/aromatic N) is 4. The number of rotatable bonds is 4. The van der Waals surface area contributed by atoms with E-state index >= 15 is 0 Å². The molecule has 4 N–H and O–H groups in total. The molecule has 33 heavy (non-hydrogen) atoms. The summed E-state index contributed by atoms with van der Waals surface area (Å²) < 4.78 is 19.5. The van der Waals surface area contributed by atoms with Gasteiger partial charge in [-0.25, -0.2) is 9.55 Å². The zero-order chi connectivity index (χ0) is 24.0. The zero-order valence-corrected chi connectivity index (χ0v) is 19.4. The van der Waals surface area contributed by atoms with Crippen LogP contribution in [-0.4, -0.2) is 68.7 Å². The van der Waals surface area contributed by atoms with E-state index in [2.05, 4.69) is 27.3 Å². The van der Waals surface area contributed by atoms with Crippen LogP contribution in [0.25, 0.3) is 0 Å². The molecule has 2 aliphatic rings. The minimum absolute atomic E-state index is 0.201. The van der Waals surface area contributed by atoms with Gasteiger partial charge in [0.25, 0.3) is 5.91 Å². The van der Waals surface area contributed by atoms with Crippen LogP contribution in [0.3, 0.4) is 0 Å². The molecule has 0 unspecified atom stereocenters. The summed E-state index contributed by atoms with van der Waals surface area (Å²) in [6, 6.07) is 5.69. The van der Waals surface area contributed by atoms with E-state index in [1.165, 1.54) is 7.11 Å². The van der Waals surface area contributed by atoms with Crippen molar-refractivity contribution in [1.29, 1.82) is 0 Å². The Morgan fingerprint density at radius 1 is 1.24 bits per heavy atom. The predicted octanol–water partition coefficient (Wildman–Crippen LogP) is 1.31. The fourth-order valence-electron chi connectivity index (χ4n) is 3.84. The summed E-state index contributed by atoms with van der Waals surface area (Å²) in [7, 11) is -3.11. The molecule has 4 heterocycles.